The fourth-order valence-electron chi connectivity index (χ4n) is 3.30. The molecule has 0 fully saturated rings. The molecule has 2 aromatic rings. The summed E-state index contributed by atoms with van der Waals surface area (Å²) in [5.74, 6) is -0.797. The molecule has 3 rings (SSSR count). The number of aliphatic hydroxyl groups excluding tert-OH is 1. The number of methoxy groups -OCH3 is 1. The minimum atomic E-state index is -0.635. The maximum atomic E-state index is 12.8. The molecular weight excluding hydrogens is 414 g/mol. The van der Waals surface area contributed by atoms with Crippen molar-refractivity contribution in [1.29, 1.82) is 0 Å². The van der Waals surface area contributed by atoms with E-state index < -0.39 is 18.2 Å². The van der Waals surface area contributed by atoms with Crippen LogP contribution in [0.3, 0.4) is 0 Å². The van der Waals surface area contributed by atoms with Gasteiger partial charge in [0.2, 0.25) is 6.29 Å². The molecule has 2 atom stereocenters. The number of aliphatic hydroxyl groups is 1. The third-order valence-corrected chi connectivity index (χ3v) is 5.02. The van der Waals surface area contributed by atoms with E-state index in [1.807, 2.05) is 12.1 Å². The lowest BCUT2D eigenvalue weighted by Crippen LogP contribution is -2.29. The Bertz CT molecular complexity index is 938. The average Bonchev–Trinajstić information content (AvgIpc) is 2.82. The molecule has 1 aliphatic heterocycles. The van der Waals surface area contributed by atoms with Crippen molar-refractivity contribution in [3.8, 4) is 5.75 Å². The normalized spacial score (nSPS) is 17.8. The van der Waals surface area contributed by atoms with Gasteiger partial charge in [0.1, 0.15) is 5.75 Å². The third kappa shape index (κ3) is 6.32. The van der Waals surface area contributed by atoms with Crippen LogP contribution in [0.5, 0.6) is 5.75 Å². The molecule has 170 valence electrons. The predicted molar refractivity (Wildman–Crippen MR) is 117 cm³/mol. The van der Waals surface area contributed by atoms with Gasteiger partial charge in [-0.2, -0.15) is 0 Å². The number of esters is 1. The van der Waals surface area contributed by atoms with Crippen molar-refractivity contribution in [3.05, 3.63) is 71.5 Å². The Morgan fingerprint density at radius 2 is 1.81 bits per heavy atom. The maximum Gasteiger partial charge on any atom is 0.337 e. The van der Waals surface area contributed by atoms with Gasteiger partial charge >= 0.3 is 5.97 Å². The summed E-state index contributed by atoms with van der Waals surface area (Å²) in [5, 5.41) is 21.1. The number of hydrogen-bond acceptors (Lipinski definition) is 7. The lowest BCUT2D eigenvalue weighted by Gasteiger charge is -2.29. The Balaban J connectivity index is 1.77. The van der Waals surface area contributed by atoms with E-state index in [0.717, 1.165) is 5.56 Å². The highest BCUT2D eigenvalue weighted by atomic mass is 16.7. The highest BCUT2D eigenvalue weighted by Gasteiger charge is 2.29. The Morgan fingerprint density at radius 3 is 2.47 bits per heavy atom. The highest BCUT2D eigenvalue weighted by molar-refractivity contribution is 6.02. The van der Waals surface area contributed by atoms with Gasteiger partial charge < -0.3 is 29.7 Å². The van der Waals surface area contributed by atoms with E-state index in [1.54, 1.807) is 30.3 Å². The Kier molecular flexibility index (Phi) is 8.24. The third-order valence-electron chi connectivity index (χ3n) is 5.02. The van der Waals surface area contributed by atoms with Crippen molar-refractivity contribution in [1.82, 2.24) is 0 Å². The van der Waals surface area contributed by atoms with E-state index in [2.05, 4.69) is 5.32 Å². The molecule has 8 nitrogen and oxygen atoms in total. The van der Waals surface area contributed by atoms with Crippen LogP contribution >= 0.6 is 0 Å². The Labute approximate surface area is 186 Å². The summed E-state index contributed by atoms with van der Waals surface area (Å²) < 4.78 is 16.3. The van der Waals surface area contributed by atoms with Crippen LogP contribution in [-0.2, 0) is 19.0 Å². The van der Waals surface area contributed by atoms with Crippen LogP contribution < -0.4 is 5.32 Å². The Morgan fingerprint density at radius 1 is 1.09 bits per heavy atom. The molecule has 0 spiro atoms. The minimum absolute atomic E-state index is 0.0875. The topological polar surface area (TPSA) is 114 Å². The number of amides is 1. The van der Waals surface area contributed by atoms with Gasteiger partial charge in [0.25, 0.3) is 5.91 Å². The van der Waals surface area contributed by atoms with Gasteiger partial charge in [0.05, 0.1) is 19.3 Å². The van der Waals surface area contributed by atoms with Crippen LogP contribution in [0, 0.1) is 0 Å². The maximum absolute atomic E-state index is 12.8. The molecule has 0 unspecified atom stereocenters. The second-order valence-corrected chi connectivity index (χ2v) is 7.34. The second kappa shape index (κ2) is 11.3. The van der Waals surface area contributed by atoms with Gasteiger partial charge in [0.15, 0.2) is 5.76 Å². The number of aromatic hydroxyl groups is 1. The summed E-state index contributed by atoms with van der Waals surface area (Å²) in [6, 6.07) is 13.1. The quantitative estimate of drug-likeness (QED) is 0.311. The second-order valence-electron chi connectivity index (χ2n) is 7.34. The average molecular weight is 441 g/mol. The molecule has 8 heteroatoms. The summed E-state index contributed by atoms with van der Waals surface area (Å²) in [5.41, 5.74) is 1.86. The van der Waals surface area contributed by atoms with E-state index in [9.17, 15) is 14.7 Å². The number of carbonyl (C=O) groups excluding carboxylic acids is 2. The molecule has 0 radical (unpaired) electrons. The van der Waals surface area contributed by atoms with Gasteiger partial charge in [-0.15, -0.1) is 0 Å². The van der Waals surface area contributed by atoms with Crippen LogP contribution in [-0.4, -0.2) is 48.7 Å². The smallest absolute Gasteiger partial charge is 0.337 e. The molecule has 0 aliphatic carbocycles. The summed E-state index contributed by atoms with van der Waals surface area (Å²) in [6.07, 6.45) is 2.89. The number of hydrogen-bond donors (Lipinski definition) is 3. The lowest BCUT2D eigenvalue weighted by atomic mass is 9.92. The molecule has 0 bridgehead atoms. The number of ether oxygens (including phenoxy) is 3. The van der Waals surface area contributed by atoms with E-state index in [4.69, 9.17) is 19.3 Å². The first-order valence-corrected chi connectivity index (χ1v) is 10.4. The van der Waals surface area contributed by atoms with Crippen molar-refractivity contribution >= 4 is 17.6 Å². The van der Waals surface area contributed by atoms with E-state index >= 15 is 0 Å². The van der Waals surface area contributed by atoms with Gasteiger partial charge in [0, 0.05) is 24.6 Å². The van der Waals surface area contributed by atoms with Crippen LogP contribution in [0.15, 0.2) is 60.4 Å². The number of allylic oxidation sites excluding steroid dienone is 1. The van der Waals surface area contributed by atoms with E-state index in [1.165, 1.54) is 19.2 Å². The molecule has 1 heterocycles. The van der Waals surface area contributed by atoms with Crippen molar-refractivity contribution < 1.29 is 34.0 Å². The summed E-state index contributed by atoms with van der Waals surface area (Å²) in [4.78, 5) is 24.5. The lowest BCUT2D eigenvalue weighted by molar-refractivity contribution is -0.143. The zero-order valence-electron chi connectivity index (χ0n) is 17.8. The van der Waals surface area contributed by atoms with Crippen molar-refractivity contribution in [2.24, 2.45) is 0 Å². The first-order chi connectivity index (χ1) is 15.5. The van der Waals surface area contributed by atoms with Gasteiger partial charge in [-0.05, 0) is 60.9 Å². The Hall–Kier alpha value is -3.36. The first kappa shape index (κ1) is 23.3. The zero-order valence-corrected chi connectivity index (χ0v) is 17.8. The van der Waals surface area contributed by atoms with Crippen LogP contribution in [0.4, 0.5) is 5.69 Å². The molecular formula is C24H27NO7. The van der Waals surface area contributed by atoms with Crippen molar-refractivity contribution in [3.63, 3.8) is 0 Å². The summed E-state index contributed by atoms with van der Waals surface area (Å²) in [6.45, 7) is 0.482. The molecule has 3 N–H and O–H groups in total. The van der Waals surface area contributed by atoms with Gasteiger partial charge in [-0.1, -0.05) is 12.1 Å². The number of phenolic OH excluding ortho intramolecular Hbond substituents is 1. The number of benzene rings is 2. The van der Waals surface area contributed by atoms with Crippen LogP contribution in [0.2, 0.25) is 0 Å². The molecule has 32 heavy (non-hydrogen) atoms. The van der Waals surface area contributed by atoms with E-state index in [0.29, 0.717) is 37.1 Å². The predicted octanol–water partition coefficient (Wildman–Crippen LogP) is 3.32. The molecule has 2 aromatic carbocycles. The first-order valence-electron chi connectivity index (χ1n) is 10.4. The molecule has 0 saturated heterocycles. The van der Waals surface area contributed by atoms with Crippen molar-refractivity contribution in [2.75, 3.05) is 25.6 Å². The number of anilines is 1. The van der Waals surface area contributed by atoms with Gasteiger partial charge in [-0.3, -0.25) is 4.79 Å². The number of rotatable bonds is 9. The number of carbonyl (C=O) groups is 2. The molecule has 1 amide bonds. The monoisotopic (exact) mass is 441 g/mol. The summed E-state index contributed by atoms with van der Waals surface area (Å²) >= 11 is 0. The van der Waals surface area contributed by atoms with Crippen LogP contribution in [0.1, 0.15) is 41.1 Å². The molecule has 1 aliphatic rings. The number of unbranched alkanes of at least 4 members (excludes halogenated alkanes) is 1. The van der Waals surface area contributed by atoms with E-state index in [-0.39, 0.29) is 24.0 Å². The largest absolute Gasteiger partial charge is 0.508 e. The zero-order chi connectivity index (χ0) is 22.9. The van der Waals surface area contributed by atoms with Gasteiger partial charge in [-0.25, -0.2) is 4.79 Å². The standard InChI is InChI=1S/C24H27NO7/c1-30-24(29)17-6-4-16(5-7-17)18-14-21(32-22(15-18)31-13-3-2-12-26)23(28)25-19-8-10-20(27)11-9-19/h4-11,14,18,22,26-27H,2-3,12-13,15H2,1H3,(H,25,28)/t18-,22+/m0/s1. The number of phenols is 1. The SMILES string of the molecule is COC(=O)c1ccc([C@H]2C=C(C(=O)Nc3ccc(O)cc3)O[C@@H](OCCCCO)C2)cc1. The minimum Gasteiger partial charge on any atom is -0.508 e. The number of nitrogens with one attached hydrogen (secondary N) is 1. The fourth-order valence-corrected chi connectivity index (χ4v) is 3.30. The highest BCUT2D eigenvalue weighted by Crippen LogP contribution is 2.32. The summed E-state index contributed by atoms with van der Waals surface area (Å²) in [7, 11) is 1.33. The molecule has 0 saturated carbocycles. The molecule has 0 aromatic heterocycles. The van der Waals surface area contributed by atoms with Crippen molar-refractivity contribution in [2.45, 2.75) is 31.5 Å². The van der Waals surface area contributed by atoms with Crippen LogP contribution in [0.25, 0.3) is 0 Å². The fraction of sp³-hybridized carbons (Fsp3) is 0.333.